The number of benzene rings is 3. The molecule has 0 saturated carbocycles. The van der Waals surface area contributed by atoms with Crippen molar-refractivity contribution in [3.05, 3.63) is 110 Å². The van der Waals surface area contributed by atoms with E-state index in [2.05, 4.69) is 63.8 Å². The van der Waals surface area contributed by atoms with Gasteiger partial charge in [0.2, 0.25) is 0 Å². The van der Waals surface area contributed by atoms with Gasteiger partial charge >= 0.3 is 0 Å². The topological polar surface area (TPSA) is 65.7 Å². The number of fused-ring (bicyclic) bond motifs is 1. The molecule has 1 aromatic heterocycles. The molecule has 4 rings (SSSR count). The van der Waals surface area contributed by atoms with Gasteiger partial charge in [-0.15, -0.1) is 6.58 Å². The Bertz CT molecular complexity index is 1490. The Morgan fingerprint density at radius 3 is 2.58 bits per heavy atom. The molecule has 0 atom stereocenters. The lowest BCUT2D eigenvalue weighted by Gasteiger charge is -2.17. The summed E-state index contributed by atoms with van der Waals surface area (Å²) in [5, 5.41) is 4.96. The monoisotopic (exact) mass is 545 g/mol. The van der Waals surface area contributed by atoms with Gasteiger partial charge in [-0.05, 0) is 68.7 Å². The van der Waals surface area contributed by atoms with E-state index in [4.69, 9.17) is 9.47 Å². The minimum Gasteiger partial charge on any atom is -0.490 e. The molecule has 0 saturated heterocycles. The third-order valence-corrected chi connectivity index (χ3v) is 6.11. The van der Waals surface area contributed by atoms with Gasteiger partial charge in [0, 0.05) is 10.0 Å². The summed E-state index contributed by atoms with van der Waals surface area (Å²) in [6, 6.07) is 17.5. The van der Waals surface area contributed by atoms with Gasteiger partial charge < -0.3 is 9.47 Å². The normalized spacial score (nSPS) is 11.2. The van der Waals surface area contributed by atoms with E-state index < -0.39 is 0 Å². The zero-order valence-electron chi connectivity index (χ0n) is 20.6. The standard InChI is InChI=1S/C29H28BrN3O3/c1-5-7-23-14-22(15-27(35-6-2)28(23)36-18-21-10-8-19(3)9-11-21)17-31-33-20(4)32-26-13-12-24(30)16-25(26)29(33)34/h5,8-17H,1,6-7,18H2,2-4H3. The van der Waals surface area contributed by atoms with Crippen LogP contribution in [0, 0.1) is 13.8 Å². The molecule has 0 N–H and O–H groups in total. The number of hydrogen-bond acceptors (Lipinski definition) is 5. The maximum atomic E-state index is 13.1. The first kappa shape index (κ1) is 25.4. The van der Waals surface area contributed by atoms with Crippen molar-refractivity contribution in [2.75, 3.05) is 6.61 Å². The number of nitrogens with zero attached hydrogens (tertiary/aromatic N) is 3. The van der Waals surface area contributed by atoms with Crippen molar-refractivity contribution in [3.8, 4) is 11.5 Å². The molecule has 6 nitrogen and oxygen atoms in total. The van der Waals surface area contributed by atoms with Crippen LogP contribution in [-0.4, -0.2) is 22.5 Å². The molecule has 0 spiro atoms. The summed E-state index contributed by atoms with van der Waals surface area (Å²) in [4.78, 5) is 17.6. The lowest BCUT2D eigenvalue weighted by Crippen LogP contribution is -2.20. The molecule has 3 aromatic carbocycles. The molecule has 0 aliphatic rings. The molecule has 0 aliphatic heterocycles. The maximum absolute atomic E-state index is 13.1. The number of rotatable bonds is 9. The fraction of sp³-hybridized carbons (Fsp3) is 0.207. The molecule has 0 aliphatic carbocycles. The van der Waals surface area contributed by atoms with Gasteiger partial charge in [-0.3, -0.25) is 4.79 Å². The van der Waals surface area contributed by atoms with E-state index in [1.807, 2.05) is 37.3 Å². The highest BCUT2D eigenvalue weighted by atomic mass is 79.9. The Balaban J connectivity index is 1.71. The summed E-state index contributed by atoms with van der Waals surface area (Å²) >= 11 is 3.42. The SMILES string of the molecule is C=CCc1cc(C=Nn2c(C)nc3ccc(Br)cc3c2=O)cc(OCC)c1OCc1ccc(C)cc1. The third kappa shape index (κ3) is 5.74. The van der Waals surface area contributed by atoms with Crippen molar-refractivity contribution in [3.63, 3.8) is 0 Å². The predicted molar refractivity (Wildman–Crippen MR) is 148 cm³/mol. The lowest BCUT2D eigenvalue weighted by atomic mass is 10.1. The summed E-state index contributed by atoms with van der Waals surface area (Å²) in [7, 11) is 0. The smallest absolute Gasteiger partial charge is 0.282 e. The Kier molecular flexibility index (Phi) is 8.00. The zero-order chi connectivity index (χ0) is 25.7. The summed E-state index contributed by atoms with van der Waals surface area (Å²) in [6.45, 7) is 10.5. The molecular formula is C29H28BrN3O3. The number of aryl methyl sites for hydroxylation is 2. The van der Waals surface area contributed by atoms with Gasteiger partial charge in [0.05, 0.1) is 23.7 Å². The minimum atomic E-state index is -0.232. The van der Waals surface area contributed by atoms with Crippen LogP contribution in [0.25, 0.3) is 10.9 Å². The summed E-state index contributed by atoms with van der Waals surface area (Å²) in [6.07, 6.45) is 4.05. The average molecular weight is 546 g/mol. The highest BCUT2D eigenvalue weighted by molar-refractivity contribution is 9.10. The largest absolute Gasteiger partial charge is 0.490 e. The van der Waals surface area contributed by atoms with Crippen molar-refractivity contribution in [2.24, 2.45) is 5.10 Å². The second kappa shape index (κ2) is 11.4. The summed E-state index contributed by atoms with van der Waals surface area (Å²) in [5.41, 5.74) is 4.38. The van der Waals surface area contributed by atoms with Gasteiger partial charge in [-0.1, -0.05) is 51.8 Å². The van der Waals surface area contributed by atoms with Crippen LogP contribution in [-0.2, 0) is 13.0 Å². The van der Waals surface area contributed by atoms with Gasteiger partial charge in [-0.2, -0.15) is 9.78 Å². The van der Waals surface area contributed by atoms with Crippen LogP contribution in [0.2, 0.25) is 0 Å². The number of ether oxygens (including phenoxy) is 2. The predicted octanol–water partition coefficient (Wildman–Crippen LogP) is 6.36. The number of allylic oxidation sites excluding steroid dienone is 1. The van der Waals surface area contributed by atoms with Crippen LogP contribution in [0.5, 0.6) is 11.5 Å². The minimum absolute atomic E-state index is 0.232. The van der Waals surface area contributed by atoms with E-state index >= 15 is 0 Å². The van der Waals surface area contributed by atoms with Crippen molar-refractivity contribution in [1.29, 1.82) is 0 Å². The van der Waals surface area contributed by atoms with Crippen molar-refractivity contribution >= 4 is 33.0 Å². The van der Waals surface area contributed by atoms with Crippen LogP contribution < -0.4 is 15.0 Å². The van der Waals surface area contributed by atoms with Gasteiger partial charge in [0.25, 0.3) is 5.56 Å². The van der Waals surface area contributed by atoms with Crippen LogP contribution >= 0.6 is 15.9 Å². The Morgan fingerprint density at radius 1 is 1.08 bits per heavy atom. The first-order valence-electron chi connectivity index (χ1n) is 11.7. The Hall–Kier alpha value is -3.71. The number of halogens is 1. The maximum Gasteiger partial charge on any atom is 0.282 e. The fourth-order valence-electron chi connectivity index (χ4n) is 3.85. The Labute approximate surface area is 219 Å². The molecule has 0 radical (unpaired) electrons. The molecule has 4 aromatic rings. The van der Waals surface area contributed by atoms with E-state index in [0.717, 1.165) is 21.2 Å². The second-order valence-electron chi connectivity index (χ2n) is 8.39. The molecule has 184 valence electrons. The second-order valence-corrected chi connectivity index (χ2v) is 9.31. The van der Waals surface area contributed by atoms with E-state index in [1.54, 1.807) is 19.2 Å². The fourth-order valence-corrected chi connectivity index (χ4v) is 4.21. The first-order chi connectivity index (χ1) is 17.4. The lowest BCUT2D eigenvalue weighted by molar-refractivity contribution is 0.267. The van der Waals surface area contributed by atoms with Crippen LogP contribution in [0.1, 0.15) is 35.0 Å². The summed E-state index contributed by atoms with van der Waals surface area (Å²) in [5.74, 6) is 1.80. The van der Waals surface area contributed by atoms with Gasteiger partial charge in [0.15, 0.2) is 11.5 Å². The molecule has 0 bridgehead atoms. The quantitative estimate of drug-likeness (QED) is 0.181. The van der Waals surface area contributed by atoms with Crippen LogP contribution in [0.15, 0.2) is 81.6 Å². The van der Waals surface area contributed by atoms with Crippen LogP contribution in [0.3, 0.4) is 0 Å². The van der Waals surface area contributed by atoms with E-state index in [9.17, 15) is 4.79 Å². The highest BCUT2D eigenvalue weighted by Gasteiger charge is 2.14. The van der Waals surface area contributed by atoms with Gasteiger partial charge in [0.1, 0.15) is 12.4 Å². The van der Waals surface area contributed by atoms with E-state index in [-0.39, 0.29) is 5.56 Å². The zero-order valence-corrected chi connectivity index (χ0v) is 22.2. The van der Waals surface area contributed by atoms with Crippen molar-refractivity contribution in [1.82, 2.24) is 9.66 Å². The van der Waals surface area contributed by atoms with Crippen LogP contribution in [0.4, 0.5) is 0 Å². The molecule has 7 heteroatoms. The van der Waals surface area contributed by atoms with Gasteiger partial charge in [-0.25, -0.2) is 4.98 Å². The number of hydrogen-bond donors (Lipinski definition) is 0. The van der Waals surface area contributed by atoms with Crippen molar-refractivity contribution in [2.45, 2.75) is 33.8 Å². The number of aromatic nitrogens is 2. The Morgan fingerprint density at radius 2 is 1.86 bits per heavy atom. The molecule has 36 heavy (non-hydrogen) atoms. The molecule has 0 amide bonds. The van der Waals surface area contributed by atoms with Crippen molar-refractivity contribution < 1.29 is 9.47 Å². The average Bonchev–Trinajstić information content (AvgIpc) is 2.85. The molecule has 1 heterocycles. The third-order valence-electron chi connectivity index (χ3n) is 5.61. The molecular weight excluding hydrogens is 518 g/mol. The summed E-state index contributed by atoms with van der Waals surface area (Å²) < 4.78 is 14.3. The molecule has 0 unspecified atom stereocenters. The van der Waals surface area contributed by atoms with E-state index in [0.29, 0.717) is 47.9 Å². The highest BCUT2D eigenvalue weighted by Crippen LogP contribution is 2.34. The first-order valence-corrected chi connectivity index (χ1v) is 12.5. The molecule has 0 fully saturated rings. The van der Waals surface area contributed by atoms with E-state index in [1.165, 1.54) is 10.2 Å².